The normalized spacial score (nSPS) is 24.0. The van der Waals surface area contributed by atoms with Gasteiger partial charge in [-0.15, -0.1) is 0 Å². The molecular weight excluding hydrogens is 349 g/mol. The van der Waals surface area contributed by atoms with Crippen molar-refractivity contribution >= 4 is 40.7 Å². The van der Waals surface area contributed by atoms with Crippen LogP contribution >= 0.6 is 23.2 Å². The zero-order valence-electron chi connectivity index (χ0n) is 13.6. The quantitative estimate of drug-likeness (QED) is 0.829. The van der Waals surface area contributed by atoms with Gasteiger partial charge >= 0.3 is 0 Å². The largest absolute Gasteiger partial charge is 0.342 e. The fourth-order valence-corrected chi connectivity index (χ4v) is 3.82. The molecule has 2 aliphatic rings. The number of benzene rings is 1. The standard InChI is InChI=1S/C17H21Cl2N3O2/c1-20-9-11-4-6-21(10-11)16(23)13-5-7-22(17(13)24)12-2-3-14(18)15(19)8-12/h2-3,8,11,13,20H,4-7,9-10H2,1H3. The van der Waals surface area contributed by atoms with Crippen LogP contribution in [0.25, 0.3) is 0 Å². The zero-order chi connectivity index (χ0) is 17.3. The maximum atomic E-state index is 12.7. The molecule has 2 unspecified atom stereocenters. The highest BCUT2D eigenvalue weighted by atomic mass is 35.5. The molecule has 2 aliphatic heterocycles. The Bertz CT molecular complexity index is 653. The summed E-state index contributed by atoms with van der Waals surface area (Å²) in [7, 11) is 1.92. The molecule has 0 aromatic heterocycles. The van der Waals surface area contributed by atoms with Gasteiger partial charge in [0.2, 0.25) is 11.8 Å². The lowest BCUT2D eigenvalue weighted by Crippen LogP contribution is -2.39. The van der Waals surface area contributed by atoms with E-state index in [9.17, 15) is 9.59 Å². The molecule has 0 aliphatic carbocycles. The number of halogens is 2. The third kappa shape index (κ3) is 3.39. The van der Waals surface area contributed by atoms with Gasteiger partial charge in [0, 0.05) is 25.3 Å². The predicted molar refractivity (Wildman–Crippen MR) is 95.5 cm³/mol. The summed E-state index contributed by atoms with van der Waals surface area (Å²) < 4.78 is 0. The van der Waals surface area contributed by atoms with Crippen LogP contribution in [-0.2, 0) is 9.59 Å². The summed E-state index contributed by atoms with van der Waals surface area (Å²) >= 11 is 12.0. The van der Waals surface area contributed by atoms with Crippen LogP contribution in [0.4, 0.5) is 5.69 Å². The van der Waals surface area contributed by atoms with Crippen LogP contribution in [0.1, 0.15) is 12.8 Å². The Morgan fingerprint density at radius 2 is 2.04 bits per heavy atom. The maximum absolute atomic E-state index is 12.7. The number of carbonyl (C=O) groups is 2. The van der Waals surface area contributed by atoms with Crippen LogP contribution < -0.4 is 10.2 Å². The van der Waals surface area contributed by atoms with Crippen molar-refractivity contribution in [2.75, 3.05) is 38.1 Å². The molecule has 130 valence electrons. The minimum Gasteiger partial charge on any atom is -0.342 e. The van der Waals surface area contributed by atoms with Crippen molar-refractivity contribution in [3.8, 4) is 0 Å². The summed E-state index contributed by atoms with van der Waals surface area (Å²) in [5.41, 5.74) is 0.694. The number of likely N-dealkylation sites (tertiary alicyclic amines) is 1. The lowest BCUT2D eigenvalue weighted by atomic mass is 10.1. The molecule has 2 atom stereocenters. The minimum absolute atomic E-state index is 0.0406. The van der Waals surface area contributed by atoms with E-state index in [0.29, 0.717) is 34.6 Å². The van der Waals surface area contributed by atoms with Crippen molar-refractivity contribution in [1.82, 2.24) is 10.2 Å². The third-order valence-corrected chi connectivity index (χ3v) is 5.55. The van der Waals surface area contributed by atoms with E-state index in [4.69, 9.17) is 23.2 Å². The van der Waals surface area contributed by atoms with Crippen molar-refractivity contribution in [1.29, 1.82) is 0 Å². The predicted octanol–water partition coefficient (Wildman–Crippen LogP) is 2.41. The Hall–Kier alpha value is -1.30. The molecule has 1 N–H and O–H groups in total. The molecule has 2 saturated heterocycles. The first-order valence-corrected chi connectivity index (χ1v) is 8.96. The van der Waals surface area contributed by atoms with Gasteiger partial charge in [-0.25, -0.2) is 0 Å². The fraction of sp³-hybridized carbons (Fsp3) is 0.529. The van der Waals surface area contributed by atoms with Crippen LogP contribution in [0.15, 0.2) is 18.2 Å². The molecule has 0 bridgehead atoms. The summed E-state index contributed by atoms with van der Waals surface area (Å²) in [5.74, 6) is -0.286. The number of anilines is 1. The molecule has 0 radical (unpaired) electrons. The first-order valence-electron chi connectivity index (χ1n) is 8.21. The van der Waals surface area contributed by atoms with Gasteiger partial charge in [0.15, 0.2) is 0 Å². The SMILES string of the molecule is CNCC1CCN(C(=O)C2CCN(c3ccc(Cl)c(Cl)c3)C2=O)C1. The van der Waals surface area contributed by atoms with Gasteiger partial charge in [-0.05, 0) is 50.6 Å². The number of rotatable bonds is 4. The topological polar surface area (TPSA) is 52.7 Å². The summed E-state index contributed by atoms with van der Waals surface area (Å²) in [4.78, 5) is 28.9. The number of amides is 2. The van der Waals surface area contributed by atoms with E-state index in [1.807, 2.05) is 11.9 Å². The molecule has 2 fully saturated rings. The highest BCUT2D eigenvalue weighted by Crippen LogP contribution is 2.32. The Kier molecular flexibility index (Phi) is 5.33. The minimum atomic E-state index is -0.576. The van der Waals surface area contributed by atoms with E-state index in [1.165, 1.54) is 0 Å². The van der Waals surface area contributed by atoms with Crippen LogP contribution in [0.3, 0.4) is 0 Å². The number of nitrogens with zero attached hydrogens (tertiary/aromatic N) is 2. The van der Waals surface area contributed by atoms with E-state index >= 15 is 0 Å². The summed E-state index contributed by atoms with van der Waals surface area (Å²) in [5, 5.41) is 4.01. The van der Waals surface area contributed by atoms with Crippen molar-refractivity contribution in [2.45, 2.75) is 12.8 Å². The molecule has 0 spiro atoms. The number of hydrogen-bond acceptors (Lipinski definition) is 3. The van der Waals surface area contributed by atoms with Crippen molar-refractivity contribution < 1.29 is 9.59 Å². The summed E-state index contributed by atoms with van der Waals surface area (Å²) in [6, 6.07) is 5.11. The molecule has 3 rings (SSSR count). The second-order valence-electron chi connectivity index (χ2n) is 6.43. The van der Waals surface area contributed by atoms with Crippen molar-refractivity contribution in [3.05, 3.63) is 28.2 Å². The van der Waals surface area contributed by atoms with Gasteiger partial charge in [0.05, 0.1) is 10.0 Å². The van der Waals surface area contributed by atoms with Crippen molar-refractivity contribution in [3.63, 3.8) is 0 Å². The fourth-order valence-electron chi connectivity index (χ4n) is 3.53. The maximum Gasteiger partial charge on any atom is 0.239 e. The third-order valence-electron chi connectivity index (χ3n) is 4.81. The second kappa shape index (κ2) is 7.30. The van der Waals surface area contributed by atoms with E-state index in [1.54, 1.807) is 23.1 Å². The van der Waals surface area contributed by atoms with E-state index in [0.717, 1.165) is 26.1 Å². The van der Waals surface area contributed by atoms with E-state index in [-0.39, 0.29) is 11.8 Å². The smallest absolute Gasteiger partial charge is 0.239 e. The molecule has 1 aromatic carbocycles. The first kappa shape index (κ1) is 17.5. The average molecular weight is 370 g/mol. The summed E-state index contributed by atoms with van der Waals surface area (Å²) in [6.45, 7) is 2.90. The van der Waals surface area contributed by atoms with Gasteiger partial charge in [0.1, 0.15) is 5.92 Å². The second-order valence-corrected chi connectivity index (χ2v) is 7.24. The van der Waals surface area contributed by atoms with Crippen LogP contribution in [0.2, 0.25) is 10.0 Å². The van der Waals surface area contributed by atoms with E-state index < -0.39 is 5.92 Å². The lowest BCUT2D eigenvalue weighted by molar-refractivity contribution is -0.139. The molecule has 5 nitrogen and oxygen atoms in total. The molecule has 7 heteroatoms. The van der Waals surface area contributed by atoms with Crippen LogP contribution in [-0.4, -0.2) is 49.9 Å². The molecule has 2 amide bonds. The van der Waals surface area contributed by atoms with Gasteiger partial charge in [-0.1, -0.05) is 23.2 Å². The highest BCUT2D eigenvalue weighted by molar-refractivity contribution is 6.42. The van der Waals surface area contributed by atoms with Gasteiger partial charge in [-0.2, -0.15) is 0 Å². The molecular formula is C17H21Cl2N3O2. The van der Waals surface area contributed by atoms with Gasteiger partial charge in [0.25, 0.3) is 0 Å². The number of nitrogens with one attached hydrogen (secondary N) is 1. The van der Waals surface area contributed by atoms with Gasteiger partial charge < -0.3 is 15.1 Å². The Morgan fingerprint density at radius 3 is 2.75 bits per heavy atom. The molecule has 1 aromatic rings. The number of carbonyl (C=O) groups excluding carboxylic acids is 2. The Labute approximate surface area is 151 Å². The molecule has 24 heavy (non-hydrogen) atoms. The Morgan fingerprint density at radius 1 is 1.25 bits per heavy atom. The highest BCUT2D eigenvalue weighted by Gasteiger charge is 2.41. The lowest BCUT2D eigenvalue weighted by Gasteiger charge is -2.21. The van der Waals surface area contributed by atoms with Gasteiger partial charge in [-0.3, -0.25) is 9.59 Å². The van der Waals surface area contributed by atoms with E-state index in [2.05, 4.69) is 5.32 Å². The first-order chi connectivity index (χ1) is 11.5. The number of hydrogen-bond donors (Lipinski definition) is 1. The monoisotopic (exact) mass is 369 g/mol. The molecule has 0 saturated carbocycles. The average Bonchev–Trinajstić information content (AvgIpc) is 3.17. The molecule has 2 heterocycles. The van der Waals surface area contributed by atoms with Crippen LogP contribution in [0, 0.1) is 11.8 Å². The van der Waals surface area contributed by atoms with Crippen LogP contribution in [0.5, 0.6) is 0 Å². The summed E-state index contributed by atoms with van der Waals surface area (Å²) in [6.07, 6.45) is 1.54. The Balaban J connectivity index is 1.67. The zero-order valence-corrected chi connectivity index (χ0v) is 15.1. The van der Waals surface area contributed by atoms with Crippen molar-refractivity contribution in [2.24, 2.45) is 11.8 Å².